The van der Waals surface area contributed by atoms with E-state index in [9.17, 15) is 13.2 Å². The third-order valence-electron chi connectivity index (χ3n) is 4.17. The van der Waals surface area contributed by atoms with E-state index in [2.05, 4.69) is 4.72 Å². The number of hydrogen-bond donors (Lipinski definition) is 1. The molecule has 0 aliphatic heterocycles. The van der Waals surface area contributed by atoms with Crippen molar-refractivity contribution < 1.29 is 17.9 Å². The highest BCUT2D eigenvalue weighted by Gasteiger charge is 2.28. The first-order valence-corrected chi connectivity index (χ1v) is 11.3. The van der Waals surface area contributed by atoms with Crippen molar-refractivity contribution in [1.29, 1.82) is 0 Å². The molecule has 1 N–H and O–H groups in total. The van der Waals surface area contributed by atoms with Gasteiger partial charge in [0.1, 0.15) is 5.00 Å². The van der Waals surface area contributed by atoms with Gasteiger partial charge in [0, 0.05) is 9.90 Å². The highest BCUT2D eigenvalue weighted by molar-refractivity contribution is 7.92. The SMILES string of the molecule is CCOC(=O)c1c(NS(=O)(=O)Cc2ccc(Cl)cc2)sc2c1CCCC2. The van der Waals surface area contributed by atoms with Crippen LogP contribution < -0.4 is 4.72 Å². The molecule has 0 atom stereocenters. The van der Waals surface area contributed by atoms with Gasteiger partial charge in [-0.25, -0.2) is 13.2 Å². The Morgan fingerprint density at radius 1 is 1.23 bits per heavy atom. The molecule has 0 bridgehead atoms. The van der Waals surface area contributed by atoms with Crippen LogP contribution in [0.1, 0.15) is 46.1 Å². The summed E-state index contributed by atoms with van der Waals surface area (Å²) in [7, 11) is -3.66. The molecule has 3 rings (SSSR count). The minimum Gasteiger partial charge on any atom is -0.462 e. The standard InChI is InChI=1S/C18H20ClNO4S2/c1-2-24-18(21)16-14-5-3-4-6-15(14)25-17(16)20-26(22,23)11-12-7-9-13(19)10-8-12/h7-10,20H,2-6,11H2,1H3. The summed E-state index contributed by atoms with van der Waals surface area (Å²) in [5.74, 6) is -0.647. The number of rotatable bonds is 6. The van der Waals surface area contributed by atoms with Crippen LogP contribution in [0.3, 0.4) is 0 Å². The molecular formula is C18H20ClNO4S2. The zero-order valence-electron chi connectivity index (χ0n) is 14.4. The lowest BCUT2D eigenvalue weighted by molar-refractivity contribution is 0.0526. The molecule has 26 heavy (non-hydrogen) atoms. The molecule has 0 unspecified atom stereocenters. The number of aryl methyl sites for hydroxylation is 1. The molecule has 0 amide bonds. The maximum atomic E-state index is 12.6. The number of ether oxygens (including phenoxy) is 1. The lowest BCUT2D eigenvalue weighted by Gasteiger charge is -2.12. The number of esters is 1. The number of fused-ring (bicyclic) bond motifs is 1. The molecule has 1 aliphatic carbocycles. The average Bonchev–Trinajstić information content (AvgIpc) is 2.94. The first kappa shape index (κ1) is 19.2. The van der Waals surface area contributed by atoms with Crippen LogP contribution in [0.5, 0.6) is 0 Å². The smallest absolute Gasteiger partial charge is 0.341 e. The number of halogens is 1. The summed E-state index contributed by atoms with van der Waals surface area (Å²) in [5.41, 5.74) is 1.94. The fraction of sp³-hybridized carbons (Fsp3) is 0.389. The molecule has 140 valence electrons. The van der Waals surface area contributed by atoms with Crippen molar-refractivity contribution in [3.05, 3.63) is 50.9 Å². The minimum absolute atomic E-state index is 0.186. The molecule has 2 aromatic rings. The third-order valence-corrected chi connectivity index (χ3v) is 6.99. The van der Waals surface area contributed by atoms with Crippen LogP contribution in [0.15, 0.2) is 24.3 Å². The van der Waals surface area contributed by atoms with E-state index >= 15 is 0 Å². The van der Waals surface area contributed by atoms with Gasteiger partial charge < -0.3 is 4.74 Å². The van der Waals surface area contributed by atoms with Crippen LogP contribution in [-0.4, -0.2) is 21.0 Å². The van der Waals surface area contributed by atoms with Gasteiger partial charge in [0.2, 0.25) is 10.0 Å². The molecule has 0 radical (unpaired) electrons. The van der Waals surface area contributed by atoms with Crippen LogP contribution in [-0.2, 0) is 33.4 Å². The van der Waals surface area contributed by atoms with Crippen molar-refractivity contribution in [3.63, 3.8) is 0 Å². The van der Waals surface area contributed by atoms with E-state index in [4.69, 9.17) is 16.3 Å². The fourth-order valence-electron chi connectivity index (χ4n) is 3.03. The number of carbonyl (C=O) groups is 1. The molecule has 8 heteroatoms. The zero-order valence-corrected chi connectivity index (χ0v) is 16.8. The van der Waals surface area contributed by atoms with Gasteiger partial charge >= 0.3 is 5.97 Å². The summed E-state index contributed by atoms with van der Waals surface area (Å²) < 4.78 is 33.0. The van der Waals surface area contributed by atoms with Crippen LogP contribution >= 0.6 is 22.9 Å². The van der Waals surface area contributed by atoms with Gasteiger partial charge in [-0.1, -0.05) is 23.7 Å². The molecule has 0 spiro atoms. The average molecular weight is 414 g/mol. The Morgan fingerprint density at radius 3 is 2.62 bits per heavy atom. The number of benzene rings is 1. The number of anilines is 1. The van der Waals surface area contributed by atoms with Gasteiger partial charge in [0.15, 0.2) is 0 Å². The van der Waals surface area contributed by atoms with E-state index in [-0.39, 0.29) is 12.4 Å². The number of sulfonamides is 1. The van der Waals surface area contributed by atoms with Gasteiger partial charge in [-0.05, 0) is 55.9 Å². The molecule has 5 nitrogen and oxygen atoms in total. The summed E-state index contributed by atoms with van der Waals surface area (Å²) in [6, 6.07) is 6.65. The first-order chi connectivity index (χ1) is 12.4. The number of carbonyl (C=O) groups excluding carboxylic acids is 1. The Bertz CT molecular complexity index is 904. The van der Waals surface area contributed by atoms with E-state index in [1.54, 1.807) is 31.2 Å². The van der Waals surface area contributed by atoms with Crippen molar-refractivity contribution in [3.8, 4) is 0 Å². The van der Waals surface area contributed by atoms with E-state index in [1.165, 1.54) is 11.3 Å². The normalized spacial score (nSPS) is 13.9. The Balaban J connectivity index is 1.89. The Morgan fingerprint density at radius 2 is 1.92 bits per heavy atom. The quantitative estimate of drug-likeness (QED) is 0.712. The summed E-state index contributed by atoms with van der Waals surface area (Å²) in [4.78, 5) is 13.5. The summed E-state index contributed by atoms with van der Waals surface area (Å²) >= 11 is 7.19. The van der Waals surface area contributed by atoms with Crippen molar-refractivity contribution in [2.24, 2.45) is 0 Å². The molecule has 0 fully saturated rings. The second-order valence-electron chi connectivity index (χ2n) is 6.12. The van der Waals surface area contributed by atoms with Crippen LogP contribution in [0.4, 0.5) is 5.00 Å². The van der Waals surface area contributed by atoms with Crippen molar-refractivity contribution in [2.75, 3.05) is 11.3 Å². The van der Waals surface area contributed by atoms with Crippen molar-refractivity contribution >= 4 is 43.9 Å². The molecule has 1 aliphatic rings. The predicted molar refractivity (Wildman–Crippen MR) is 105 cm³/mol. The maximum Gasteiger partial charge on any atom is 0.341 e. The van der Waals surface area contributed by atoms with Gasteiger partial charge in [0.05, 0.1) is 17.9 Å². The number of hydrogen-bond acceptors (Lipinski definition) is 5. The maximum absolute atomic E-state index is 12.6. The number of thiophene rings is 1. The lowest BCUT2D eigenvalue weighted by atomic mass is 9.95. The summed E-state index contributed by atoms with van der Waals surface area (Å²) in [5, 5.41) is 0.916. The molecular weight excluding hydrogens is 394 g/mol. The largest absolute Gasteiger partial charge is 0.462 e. The lowest BCUT2D eigenvalue weighted by Crippen LogP contribution is -2.17. The van der Waals surface area contributed by atoms with Gasteiger partial charge in [-0.15, -0.1) is 11.3 Å². The summed E-state index contributed by atoms with van der Waals surface area (Å²) in [6.07, 6.45) is 3.68. The highest BCUT2D eigenvalue weighted by atomic mass is 35.5. The van der Waals surface area contributed by atoms with Crippen molar-refractivity contribution in [2.45, 2.75) is 38.4 Å². The second kappa shape index (κ2) is 7.98. The monoisotopic (exact) mass is 413 g/mol. The minimum atomic E-state index is -3.66. The molecule has 0 saturated carbocycles. The third kappa shape index (κ3) is 4.39. The van der Waals surface area contributed by atoms with Crippen molar-refractivity contribution in [1.82, 2.24) is 0 Å². The van der Waals surface area contributed by atoms with Crippen LogP contribution in [0, 0.1) is 0 Å². The second-order valence-corrected chi connectivity index (χ2v) is 9.39. The summed E-state index contributed by atoms with van der Waals surface area (Å²) in [6.45, 7) is 1.99. The zero-order chi connectivity index (χ0) is 18.7. The van der Waals surface area contributed by atoms with Gasteiger partial charge in [0.25, 0.3) is 0 Å². The first-order valence-electron chi connectivity index (χ1n) is 8.46. The molecule has 0 saturated heterocycles. The highest BCUT2D eigenvalue weighted by Crippen LogP contribution is 2.39. The van der Waals surface area contributed by atoms with E-state index in [0.717, 1.165) is 36.1 Å². The molecule has 1 aromatic carbocycles. The topological polar surface area (TPSA) is 72.5 Å². The predicted octanol–water partition coefficient (Wildman–Crippen LogP) is 4.40. The Kier molecular flexibility index (Phi) is 5.89. The Labute approximate surface area is 162 Å². The molecule has 1 heterocycles. The van der Waals surface area contributed by atoms with E-state index in [0.29, 0.717) is 21.2 Å². The fourth-order valence-corrected chi connectivity index (χ4v) is 5.92. The number of nitrogens with one attached hydrogen (secondary N) is 1. The van der Waals surface area contributed by atoms with Crippen LogP contribution in [0.25, 0.3) is 0 Å². The van der Waals surface area contributed by atoms with Gasteiger partial charge in [-0.3, -0.25) is 4.72 Å². The van der Waals surface area contributed by atoms with Crippen LogP contribution in [0.2, 0.25) is 5.02 Å². The van der Waals surface area contributed by atoms with Gasteiger partial charge in [-0.2, -0.15) is 0 Å². The Hall–Kier alpha value is -1.57. The van der Waals surface area contributed by atoms with E-state index in [1.807, 2.05) is 0 Å². The molecule has 1 aromatic heterocycles. The van der Waals surface area contributed by atoms with E-state index < -0.39 is 16.0 Å².